The van der Waals surface area contributed by atoms with E-state index in [4.69, 9.17) is 0 Å². The number of benzene rings is 2. The Morgan fingerprint density at radius 3 is 2.17 bits per heavy atom. The average Bonchev–Trinajstić information content (AvgIpc) is 2.37. The summed E-state index contributed by atoms with van der Waals surface area (Å²) >= 11 is 4.26. The van der Waals surface area contributed by atoms with Crippen molar-refractivity contribution >= 4 is 29.7 Å². The number of rotatable bonds is 3. The highest BCUT2D eigenvalue weighted by atomic mass is 32.1. The van der Waals surface area contributed by atoms with Gasteiger partial charge in [-0.25, -0.2) is 0 Å². The Hall–Kier alpha value is -1.81. The standard InChI is InChI=1S/C14H15N3S/c1-17(2)13-8-6-11(7-9-13)15-16-12-4-3-5-14(18)10-12/h3-10,18H,1-2H3. The summed E-state index contributed by atoms with van der Waals surface area (Å²) in [6, 6.07) is 15.5. The minimum atomic E-state index is 0.805. The van der Waals surface area contributed by atoms with Crippen molar-refractivity contribution < 1.29 is 0 Å². The van der Waals surface area contributed by atoms with E-state index in [1.54, 1.807) is 0 Å². The van der Waals surface area contributed by atoms with Gasteiger partial charge >= 0.3 is 0 Å². The van der Waals surface area contributed by atoms with Crippen molar-refractivity contribution in [2.45, 2.75) is 4.90 Å². The van der Waals surface area contributed by atoms with Gasteiger partial charge in [0.1, 0.15) is 0 Å². The van der Waals surface area contributed by atoms with Crippen molar-refractivity contribution in [1.82, 2.24) is 0 Å². The van der Waals surface area contributed by atoms with Crippen molar-refractivity contribution in [3.63, 3.8) is 0 Å². The van der Waals surface area contributed by atoms with Crippen molar-refractivity contribution in [1.29, 1.82) is 0 Å². The summed E-state index contributed by atoms with van der Waals surface area (Å²) in [5.74, 6) is 0. The van der Waals surface area contributed by atoms with Gasteiger partial charge in [-0.15, -0.1) is 12.6 Å². The molecule has 2 aromatic carbocycles. The summed E-state index contributed by atoms with van der Waals surface area (Å²) in [4.78, 5) is 2.93. The quantitative estimate of drug-likeness (QED) is 0.638. The summed E-state index contributed by atoms with van der Waals surface area (Å²) in [7, 11) is 4.02. The Morgan fingerprint density at radius 1 is 0.889 bits per heavy atom. The Morgan fingerprint density at radius 2 is 1.56 bits per heavy atom. The van der Waals surface area contributed by atoms with Crippen LogP contribution >= 0.6 is 12.6 Å². The lowest BCUT2D eigenvalue weighted by molar-refractivity contribution is 1.13. The fourth-order valence-electron chi connectivity index (χ4n) is 1.49. The maximum atomic E-state index is 4.26. The third-order valence-electron chi connectivity index (χ3n) is 2.48. The molecule has 18 heavy (non-hydrogen) atoms. The van der Waals surface area contributed by atoms with Gasteiger partial charge in [0, 0.05) is 24.7 Å². The Balaban J connectivity index is 2.14. The molecule has 0 radical (unpaired) electrons. The molecule has 0 fully saturated rings. The van der Waals surface area contributed by atoms with Crippen LogP contribution in [0.5, 0.6) is 0 Å². The average molecular weight is 257 g/mol. The molecule has 0 aliphatic heterocycles. The minimum Gasteiger partial charge on any atom is -0.378 e. The molecule has 2 aromatic rings. The smallest absolute Gasteiger partial charge is 0.0868 e. The first-order chi connectivity index (χ1) is 8.65. The van der Waals surface area contributed by atoms with Crippen LogP contribution in [0.1, 0.15) is 0 Å². The van der Waals surface area contributed by atoms with Gasteiger partial charge in [0.15, 0.2) is 0 Å². The molecule has 0 heterocycles. The van der Waals surface area contributed by atoms with E-state index in [1.807, 2.05) is 67.5 Å². The van der Waals surface area contributed by atoms with E-state index in [0.29, 0.717) is 0 Å². The van der Waals surface area contributed by atoms with Gasteiger partial charge in [-0.1, -0.05) is 6.07 Å². The monoisotopic (exact) mass is 257 g/mol. The van der Waals surface area contributed by atoms with Crippen LogP contribution in [0.4, 0.5) is 17.1 Å². The van der Waals surface area contributed by atoms with Crippen LogP contribution in [-0.2, 0) is 0 Å². The summed E-state index contributed by atoms with van der Waals surface area (Å²) in [5, 5.41) is 8.36. The first-order valence-corrected chi connectivity index (χ1v) is 6.08. The topological polar surface area (TPSA) is 28.0 Å². The van der Waals surface area contributed by atoms with E-state index < -0.39 is 0 Å². The third-order valence-corrected chi connectivity index (χ3v) is 2.75. The van der Waals surface area contributed by atoms with Gasteiger partial charge in [0.2, 0.25) is 0 Å². The van der Waals surface area contributed by atoms with E-state index in [-0.39, 0.29) is 0 Å². The van der Waals surface area contributed by atoms with Gasteiger partial charge in [-0.2, -0.15) is 10.2 Å². The van der Waals surface area contributed by atoms with Crippen LogP contribution in [0.2, 0.25) is 0 Å². The van der Waals surface area contributed by atoms with Crippen LogP contribution in [0.25, 0.3) is 0 Å². The lowest BCUT2D eigenvalue weighted by Crippen LogP contribution is -2.07. The van der Waals surface area contributed by atoms with Crippen LogP contribution in [0, 0.1) is 0 Å². The molecule has 0 saturated heterocycles. The molecule has 0 spiro atoms. The largest absolute Gasteiger partial charge is 0.378 e. The molecule has 0 aliphatic rings. The molecule has 4 heteroatoms. The summed E-state index contributed by atoms with van der Waals surface area (Å²) in [6.45, 7) is 0. The van der Waals surface area contributed by atoms with Gasteiger partial charge in [0.05, 0.1) is 11.4 Å². The van der Waals surface area contributed by atoms with Crippen LogP contribution < -0.4 is 4.90 Å². The Kier molecular flexibility index (Phi) is 3.99. The maximum Gasteiger partial charge on any atom is 0.0868 e. The molecule has 0 N–H and O–H groups in total. The fraction of sp³-hybridized carbons (Fsp3) is 0.143. The number of hydrogen-bond acceptors (Lipinski definition) is 4. The molecule has 0 amide bonds. The second-order valence-electron chi connectivity index (χ2n) is 4.13. The molecule has 0 unspecified atom stereocenters. The molecule has 0 atom stereocenters. The number of hydrogen-bond donors (Lipinski definition) is 1. The van der Waals surface area contributed by atoms with E-state index >= 15 is 0 Å². The highest BCUT2D eigenvalue weighted by Crippen LogP contribution is 2.22. The molecule has 3 nitrogen and oxygen atoms in total. The number of azo groups is 1. The number of thiol groups is 1. The molecular formula is C14H15N3S. The zero-order valence-electron chi connectivity index (χ0n) is 10.4. The summed E-state index contributed by atoms with van der Waals surface area (Å²) in [5.41, 5.74) is 2.79. The lowest BCUT2D eigenvalue weighted by Gasteiger charge is -2.11. The zero-order valence-corrected chi connectivity index (χ0v) is 11.3. The fourth-order valence-corrected chi connectivity index (χ4v) is 1.71. The molecule has 0 aliphatic carbocycles. The van der Waals surface area contributed by atoms with E-state index in [0.717, 1.165) is 22.0 Å². The predicted octanol–water partition coefficient (Wildman–Crippen LogP) is 4.46. The second kappa shape index (κ2) is 5.69. The molecule has 0 aromatic heterocycles. The first-order valence-electron chi connectivity index (χ1n) is 5.63. The normalized spacial score (nSPS) is 10.8. The number of anilines is 1. The van der Waals surface area contributed by atoms with Crippen molar-refractivity contribution in [3.8, 4) is 0 Å². The van der Waals surface area contributed by atoms with Crippen LogP contribution in [-0.4, -0.2) is 14.1 Å². The first kappa shape index (κ1) is 12.6. The molecule has 0 bridgehead atoms. The van der Waals surface area contributed by atoms with E-state index in [1.165, 1.54) is 0 Å². The molecular weight excluding hydrogens is 242 g/mol. The van der Waals surface area contributed by atoms with Crippen molar-refractivity contribution in [2.24, 2.45) is 10.2 Å². The lowest BCUT2D eigenvalue weighted by atomic mass is 10.3. The zero-order chi connectivity index (χ0) is 13.0. The van der Waals surface area contributed by atoms with Crippen molar-refractivity contribution in [2.75, 3.05) is 19.0 Å². The van der Waals surface area contributed by atoms with Gasteiger partial charge < -0.3 is 4.90 Å². The molecule has 92 valence electrons. The van der Waals surface area contributed by atoms with Crippen molar-refractivity contribution in [3.05, 3.63) is 48.5 Å². The van der Waals surface area contributed by atoms with E-state index in [9.17, 15) is 0 Å². The van der Waals surface area contributed by atoms with Gasteiger partial charge in [-0.3, -0.25) is 0 Å². The molecule has 0 saturated carbocycles. The van der Waals surface area contributed by atoms with Gasteiger partial charge in [-0.05, 0) is 42.5 Å². The highest BCUT2D eigenvalue weighted by Gasteiger charge is 1.95. The third kappa shape index (κ3) is 3.34. The SMILES string of the molecule is CN(C)c1ccc(N=Nc2cccc(S)c2)cc1. The van der Waals surface area contributed by atoms with Crippen LogP contribution in [0.15, 0.2) is 63.7 Å². The van der Waals surface area contributed by atoms with E-state index in [2.05, 4.69) is 22.9 Å². The van der Waals surface area contributed by atoms with Gasteiger partial charge in [0.25, 0.3) is 0 Å². The second-order valence-corrected chi connectivity index (χ2v) is 4.65. The maximum absolute atomic E-state index is 4.26. The molecule has 2 rings (SSSR count). The Bertz CT molecular complexity index is 547. The van der Waals surface area contributed by atoms with Crippen LogP contribution in [0.3, 0.4) is 0 Å². The Labute approximate surface area is 113 Å². The summed E-state index contributed by atoms with van der Waals surface area (Å²) in [6.07, 6.45) is 0. The minimum absolute atomic E-state index is 0.805. The highest BCUT2D eigenvalue weighted by molar-refractivity contribution is 7.80. The predicted molar refractivity (Wildman–Crippen MR) is 78.6 cm³/mol. The summed E-state index contributed by atoms with van der Waals surface area (Å²) < 4.78 is 0. The number of nitrogens with zero attached hydrogens (tertiary/aromatic N) is 3.